The number of hydrogen-bond donors (Lipinski definition) is 1. The summed E-state index contributed by atoms with van der Waals surface area (Å²) >= 11 is 0. The molecule has 0 saturated carbocycles. The van der Waals surface area contributed by atoms with Crippen LogP contribution in [-0.2, 0) is 0 Å². The van der Waals surface area contributed by atoms with E-state index >= 15 is 0 Å². The van der Waals surface area contributed by atoms with Crippen LogP contribution in [0.1, 0.15) is 29.6 Å². The van der Waals surface area contributed by atoms with E-state index in [2.05, 4.69) is 20.3 Å². The molecular weight excluding hydrogens is 326 g/mol. The number of carbonyl (C=O) groups is 1. The fourth-order valence-electron chi connectivity index (χ4n) is 3.20. The number of rotatable bonds is 4. The van der Waals surface area contributed by atoms with Crippen molar-refractivity contribution in [3.05, 3.63) is 66.7 Å². The van der Waals surface area contributed by atoms with Gasteiger partial charge in [0.25, 0.3) is 5.91 Å². The molecule has 2 aromatic heterocycles. The molecule has 1 N–H and O–H groups in total. The second-order valence-electron chi connectivity index (χ2n) is 6.43. The molecule has 0 spiro atoms. The third-order valence-electron chi connectivity index (χ3n) is 4.62. The van der Waals surface area contributed by atoms with Crippen molar-refractivity contribution < 1.29 is 4.79 Å². The molecule has 1 aromatic carbocycles. The highest BCUT2D eigenvalue weighted by molar-refractivity contribution is 6.04. The lowest BCUT2D eigenvalue weighted by atomic mass is 10.1. The number of anilines is 2. The Morgan fingerprint density at radius 1 is 0.923 bits per heavy atom. The second-order valence-corrected chi connectivity index (χ2v) is 6.43. The fraction of sp³-hybridized carbons (Fsp3) is 0.250. The van der Waals surface area contributed by atoms with E-state index in [9.17, 15) is 4.79 Å². The molecule has 0 unspecified atom stereocenters. The van der Waals surface area contributed by atoms with Gasteiger partial charge in [0, 0.05) is 36.7 Å². The average molecular weight is 347 g/mol. The van der Waals surface area contributed by atoms with Crippen LogP contribution < -0.4 is 10.2 Å². The number of nitrogens with zero attached hydrogens (tertiary/aromatic N) is 4. The Morgan fingerprint density at radius 2 is 1.65 bits per heavy atom. The number of benzene rings is 1. The van der Waals surface area contributed by atoms with Crippen LogP contribution >= 0.6 is 0 Å². The van der Waals surface area contributed by atoms with Crippen molar-refractivity contribution in [1.82, 2.24) is 14.8 Å². The molecule has 132 valence electrons. The second kappa shape index (κ2) is 7.39. The van der Waals surface area contributed by atoms with Gasteiger partial charge in [0.15, 0.2) is 0 Å². The summed E-state index contributed by atoms with van der Waals surface area (Å²) in [5, 5.41) is 7.17. The van der Waals surface area contributed by atoms with Gasteiger partial charge in [0.05, 0.1) is 23.8 Å². The first-order chi connectivity index (χ1) is 12.8. The van der Waals surface area contributed by atoms with Crippen LogP contribution in [-0.4, -0.2) is 33.8 Å². The molecule has 1 aliphatic rings. The van der Waals surface area contributed by atoms with Crippen molar-refractivity contribution in [2.75, 3.05) is 23.3 Å². The Balaban J connectivity index is 1.42. The number of hydrogen-bond acceptors (Lipinski definition) is 4. The zero-order valence-corrected chi connectivity index (χ0v) is 14.5. The number of pyridine rings is 1. The molecule has 0 bridgehead atoms. The highest BCUT2D eigenvalue weighted by atomic mass is 16.1. The lowest BCUT2D eigenvalue weighted by molar-refractivity contribution is 0.102. The van der Waals surface area contributed by atoms with Gasteiger partial charge in [-0.15, -0.1) is 0 Å². The van der Waals surface area contributed by atoms with Crippen LogP contribution in [0.5, 0.6) is 0 Å². The molecule has 4 rings (SSSR count). The standard InChI is InChI=1S/C20H21N5O/c26-20(16-4-6-18(7-5-16)24-12-2-1-3-13-24)23-17-14-22-25(15-17)19-8-10-21-11-9-19/h4-11,14-15H,1-3,12-13H2,(H,23,26). The number of amides is 1. The number of nitrogens with one attached hydrogen (secondary N) is 1. The fourth-order valence-corrected chi connectivity index (χ4v) is 3.20. The summed E-state index contributed by atoms with van der Waals surface area (Å²) in [7, 11) is 0. The van der Waals surface area contributed by atoms with Crippen LogP contribution in [0.25, 0.3) is 5.69 Å². The van der Waals surface area contributed by atoms with Crippen molar-refractivity contribution in [1.29, 1.82) is 0 Å². The van der Waals surface area contributed by atoms with Crippen molar-refractivity contribution in [3.8, 4) is 5.69 Å². The summed E-state index contributed by atoms with van der Waals surface area (Å²) < 4.78 is 1.71. The van der Waals surface area contributed by atoms with E-state index < -0.39 is 0 Å². The third-order valence-corrected chi connectivity index (χ3v) is 4.62. The Hall–Kier alpha value is -3.15. The summed E-state index contributed by atoms with van der Waals surface area (Å²) in [6, 6.07) is 11.5. The Labute approximate surface area is 152 Å². The highest BCUT2D eigenvalue weighted by Crippen LogP contribution is 2.20. The summed E-state index contributed by atoms with van der Waals surface area (Å²) in [4.78, 5) is 18.8. The minimum atomic E-state index is -0.135. The molecule has 3 aromatic rings. The predicted molar refractivity (Wildman–Crippen MR) is 102 cm³/mol. The Morgan fingerprint density at radius 3 is 2.38 bits per heavy atom. The Bertz CT molecular complexity index is 867. The molecule has 1 fully saturated rings. The number of carbonyl (C=O) groups excluding carboxylic acids is 1. The van der Waals surface area contributed by atoms with E-state index in [0.29, 0.717) is 11.3 Å². The molecule has 1 amide bonds. The van der Waals surface area contributed by atoms with Gasteiger partial charge in [-0.05, 0) is 55.7 Å². The maximum Gasteiger partial charge on any atom is 0.255 e. The van der Waals surface area contributed by atoms with E-state index in [1.807, 2.05) is 36.4 Å². The minimum Gasteiger partial charge on any atom is -0.372 e. The van der Waals surface area contributed by atoms with Gasteiger partial charge in [0.2, 0.25) is 0 Å². The van der Waals surface area contributed by atoms with E-state index in [0.717, 1.165) is 18.8 Å². The van der Waals surface area contributed by atoms with Gasteiger partial charge in [-0.25, -0.2) is 4.68 Å². The topological polar surface area (TPSA) is 63.1 Å². The predicted octanol–water partition coefficient (Wildman–Crippen LogP) is 3.51. The Kier molecular flexibility index (Phi) is 4.64. The lowest BCUT2D eigenvalue weighted by Crippen LogP contribution is -2.29. The first-order valence-corrected chi connectivity index (χ1v) is 8.91. The SMILES string of the molecule is O=C(Nc1cnn(-c2ccncc2)c1)c1ccc(N2CCCCC2)cc1. The molecule has 1 saturated heterocycles. The first kappa shape index (κ1) is 16.3. The normalized spacial score (nSPS) is 14.2. The van der Waals surface area contributed by atoms with Gasteiger partial charge >= 0.3 is 0 Å². The molecule has 0 radical (unpaired) electrons. The van der Waals surface area contributed by atoms with E-state index in [1.165, 1.54) is 24.9 Å². The summed E-state index contributed by atoms with van der Waals surface area (Å²) in [6.45, 7) is 2.19. The van der Waals surface area contributed by atoms with Crippen molar-refractivity contribution in [2.45, 2.75) is 19.3 Å². The molecule has 6 heteroatoms. The smallest absolute Gasteiger partial charge is 0.255 e. The van der Waals surface area contributed by atoms with E-state index in [1.54, 1.807) is 29.5 Å². The van der Waals surface area contributed by atoms with Gasteiger partial charge in [-0.1, -0.05) is 0 Å². The molecule has 6 nitrogen and oxygen atoms in total. The third kappa shape index (κ3) is 3.59. The average Bonchev–Trinajstić information content (AvgIpc) is 3.18. The molecule has 3 heterocycles. The largest absolute Gasteiger partial charge is 0.372 e. The highest BCUT2D eigenvalue weighted by Gasteiger charge is 2.12. The zero-order valence-electron chi connectivity index (χ0n) is 14.5. The van der Waals surface area contributed by atoms with E-state index in [-0.39, 0.29) is 5.91 Å². The van der Waals surface area contributed by atoms with Crippen molar-refractivity contribution in [3.63, 3.8) is 0 Å². The van der Waals surface area contributed by atoms with Crippen molar-refractivity contribution in [2.24, 2.45) is 0 Å². The summed E-state index contributed by atoms with van der Waals surface area (Å²) in [5.41, 5.74) is 3.38. The maximum absolute atomic E-state index is 12.5. The molecule has 0 atom stereocenters. The molecular formula is C20H21N5O. The van der Waals surface area contributed by atoms with Crippen LogP contribution in [0.3, 0.4) is 0 Å². The number of aromatic nitrogens is 3. The molecule has 1 aliphatic heterocycles. The molecule has 26 heavy (non-hydrogen) atoms. The van der Waals surface area contributed by atoms with Gasteiger partial charge in [-0.2, -0.15) is 5.10 Å². The zero-order chi connectivity index (χ0) is 17.8. The van der Waals surface area contributed by atoms with Crippen LogP contribution in [0.4, 0.5) is 11.4 Å². The summed E-state index contributed by atoms with van der Waals surface area (Å²) in [5.74, 6) is -0.135. The van der Waals surface area contributed by atoms with Crippen LogP contribution in [0.15, 0.2) is 61.2 Å². The molecule has 0 aliphatic carbocycles. The minimum absolute atomic E-state index is 0.135. The van der Waals surface area contributed by atoms with Crippen LogP contribution in [0, 0.1) is 0 Å². The van der Waals surface area contributed by atoms with Gasteiger partial charge in [-0.3, -0.25) is 9.78 Å². The first-order valence-electron chi connectivity index (χ1n) is 8.91. The van der Waals surface area contributed by atoms with Gasteiger partial charge in [0.1, 0.15) is 0 Å². The van der Waals surface area contributed by atoms with Crippen molar-refractivity contribution >= 4 is 17.3 Å². The van der Waals surface area contributed by atoms with Crippen LogP contribution in [0.2, 0.25) is 0 Å². The van der Waals surface area contributed by atoms with Gasteiger partial charge < -0.3 is 10.2 Å². The lowest BCUT2D eigenvalue weighted by Gasteiger charge is -2.28. The monoisotopic (exact) mass is 347 g/mol. The van der Waals surface area contributed by atoms with E-state index in [4.69, 9.17) is 0 Å². The quantitative estimate of drug-likeness (QED) is 0.784. The summed E-state index contributed by atoms with van der Waals surface area (Å²) in [6.07, 6.45) is 10.6. The maximum atomic E-state index is 12.5. The number of piperidine rings is 1.